The molecule has 3 heterocycles. The Kier molecular flexibility index (Phi) is 2.38. The number of pyridine rings is 1. The van der Waals surface area contributed by atoms with Crippen molar-refractivity contribution >= 4 is 10.9 Å². The van der Waals surface area contributed by atoms with Crippen molar-refractivity contribution in [3.63, 3.8) is 0 Å². The average Bonchev–Trinajstić information content (AvgIpc) is 2.95. The quantitative estimate of drug-likeness (QED) is 0.696. The normalized spacial score (nSPS) is 14.5. The van der Waals surface area contributed by atoms with Crippen molar-refractivity contribution in [3.8, 4) is 11.3 Å². The zero-order valence-corrected chi connectivity index (χ0v) is 10.6. The third-order valence-electron chi connectivity index (χ3n) is 3.87. The lowest BCUT2D eigenvalue weighted by atomic mass is 9.92. The Bertz CT molecular complexity index is 743. The van der Waals surface area contributed by atoms with E-state index in [1.54, 1.807) is 0 Å². The summed E-state index contributed by atoms with van der Waals surface area (Å²) >= 11 is 0. The summed E-state index contributed by atoms with van der Waals surface area (Å²) in [5, 5.41) is 4.63. The van der Waals surface area contributed by atoms with E-state index >= 15 is 0 Å². The number of aromatic amines is 1. The highest BCUT2D eigenvalue weighted by Crippen LogP contribution is 2.31. The molecule has 0 aliphatic carbocycles. The largest absolute Gasteiger partial charge is 0.361 e. The summed E-state index contributed by atoms with van der Waals surface area (Å²) in [5.41, 5.74) is 6.37. The van der Waals surface area contributed by atoms with Crippen LogP contribution in [0.15, 0.2) is 42.7 Å². The first-order chi connectivity index (χ1) is 9.43. The molecule has 0 amide bonds. The predicted molar refractivity (Wildman–Crippen MR) is 76.9 cm³/mol. The lowest BCUT2D eigenvalue weighted by molar-refractivity contribution is 0.644. The summed E-state index contributed by atoms with van der Waals surface area (Å²) in [4.78, 5) is 7.87. The van der Waals surface area contributed by atoms with Gasteiger partial charge in [0, 0.05) is 35.4 Å². The van der Waals surface area contributed by atoms with E-state index in [2.05, 4.69) is 39.6 Å². The van der Waals surface area contributed by atoms with Crippen molar-refractivity contribution in [1.82, 2.24) is 15.3 Å². The van der Waals surface area contributed by atoms with Crippen molar-refractivity contribution in [1.29, 1.82) is 0 Å². The number of benzene rings is 1. The molecular weight excluding hydrogens is 234 g/mol. The lowest BCUT2D eigenvalue weighted by Crippen LogP contribution is -2.24. The molecule has 1 aliphatic heterocycles. The van der Waals surface area contributed by atoms with Crippen LogP contribution >= 0.6 is 0 Å². The second kappa shape index (κ2) is 4.21. The van der Waals surface area contributed by atoms with Crippen molar-refractivity contribution < 1.29 is 0 Å². The number of fused-ring (bicyclic) bond motifs is 2. The fraction of sp³-hybridized carbons (Fsp3) is 0.188. The minimum atomic E-state index is 0.965. The van der Waals surface area contributed by atoms with Crippen LogP contribution in [0.2, 0.25) is 0 Å². The monoisotopic (exact) mass is 249 g/mol. The molecule has 2 N–H and O–H groups in total. The molecule has 2 aromatic heterocycles. The smallest absolute Gasteiger partial charge is 0.0798 e. The van der Waals surface area contributed by atoms with E-state index in [4.69, 9.17) is 0 Å². The Balaban J connectivity index is 2.00. The van der Waals surface area contributed by atoms with Gasteiger partial charge in [-0.3, -0.25) is 4.98 Å². The second-order valence-corrected chi connectivity index (χ2v) is 4.97. The number of H-pyrrole nitrogens is 1. The Morgan fingerprint density at radius 2 is 2.11 bits per heavy atom. The van der Waals surface area contributed by atoms with Gasteiger partial charge in [0.15, 0.2) is 0 Å². The van der Waals surface area contributed by atoms with Gasteiger partial charge in [0.2, 0.25) is 0 Å². The highest BCUT2D eigenvalue weighted by molar-refractivity contribution is 5.93. The fourth-order valence-electron chi connectivity index (χ4n) is 2.95. The average molecular weight is 249 g/mol. The summed E-state index contributed by atoms with van der Waals surface area (Å²) in [5.74, 6) is 0. The maximum Gasteiger partial charge on any atom is 0.0798 e. The van der Waals surface area contributed by atoms with Gasteiger partial charge in [-0.25, -0.2) is 0 Å². The van der Waals surface area contributed by atoms with Crippen molar-refractivity contribution in [3.05, 3.63) is 53.9 Å². The first kappa shape index (κ1) is 10.8. The molecule has 0 bridgehead atoms. The Hall–Kier alpha value is -2.13. The molecule has 0 unspecified atom stereocenters. The third kappa shape index (κ3) is 1.66. The maximum atomic E-state index is 4.62. The van der Waals surface area contributed by atoms with Crippen LogP contribution in [-0.4, -0.2) is 16.5 Å². The summed E-state index contributed by atoms with van der Waals surface area (Å²) in [7, 11) is 0. The van der Waals surface area contributed by atoms with Crippen molar-refractivity contribution in [2.45, 2.75) is 13.0 Å². The van der Waals surface area contributed by atoms with Crippen LogP contribution < -0.4 is 5.32 Å². The van der Waals surface area contributed by atoms with Gasteiger partial charge < -0.3 is 10.3 Å². The van der Waals surface area contributed by atoms with Crippen molar-refractivity contribution in [2.75, 3.05) is 6.54 Å². The number of aromatic nitrogens is 2. The minimum Gasteiger partial charge on any atom is -0.361 e. The van der Waals surface area contributed by atoms with E-state index in [-0.39, 0.29) is 0 Å². The first-order valence-electron chi connectivity index (χ1n) is 6.67. The number of rotatable bonds is 1. The van der Waals surface area contributed by atoms with Gasteiger partial charge in [-0.2, -0.15) is 0 Å². The number of hydrogen-bond acceptors (Lipinski definition) is 2. The summed E-state index contributed by atoms with van der Waals surface area (Å²) < 4.78 is 0. The van der Waals surface area contributed by atoms with Crippen molar-refractivity contribution in [2.24, 2.45) is 0 Å². The Labute approximate surface area is 111 Å². The molecule has 3 nitrogen and oxygen atoms in total. The standard InChI is InChI=1S/C16H15N3/c1-2-11-10-17-7-4-12(11)13(3-1)16-14-5-8-18-15(14)6-9-19-16/h1-3,5-6,8-9,17-18H,4,7,10H2. The van der Waals surface area contributed by atoms with Gasteiger partial charge in [-0.15, -0.1) is 0 Å². The van der Waals surface area contributed by atoms with Crippen LogP contribution in [0.25, 0.3) is 22.2 Å². The van der Waals surface area contributed by atoms with Gasteiger partial charge >= 0.3 is 0 Å². The van der Waals surface area contributed by atoms with Gasteiger partial charge in [-0.1, -0.05) is 18.2 Å². The number of nitrogens with one attached hydrogen (secondary N) is 2. The zero-order chi connectivity index (χ0) is 12.7. The minimum absolute atomic E-state index is 0.965. The molecule has 3 heteroatoms. The predicted octanol–water partition coefficient (Wildman–Crippen LogP) is 2.88. The van der Waals surface area contributed by atoms with Gasteiger partial charge in [0.05, 0.1) is 5.69 Å². The van der Waals surface area contributed by atoms with Gasteiger partial charge in [-0.05, 0) is 36.2 Å². The molecule has 0 saturated carbocycles. The molecule has 4 rings (SSSR count). The summed E-state index contributed by atoms with van der Waals surface area (Å²) in [6.45, 7) is 2.01. The maximum absolute atomic E-state index is 4.62. The molecular formula is C16H15N3. The molecule has 1 aliphatic rings. The first-order valence-corrected chi connectivity index (χ1v) is 6.67. The molecule has 1 aromatic carbocycles. The van der Waals surface area contributed by atoms with Crippen LogP contribution in [0.4, 0.5) is 0 Å². The number of hydrogen-bond donors (Lipinski definition) is 2. The van der Waals surface area contributed by atoms with Crippen LogP contribution in [-0.2, 0) is 13.0 Å². The molecule has 0 radical (unpaired) electrons. The molecule has 0 saturated heterocycles. The second-order valence-electron chi connectivity index (χ2n) is 4.97. The van der Waals surface area contributed by atoms with E-state index in [0.717, 1.165) is 30.7 Å². The molecule has 3 aromatic rings. The lowest BCUT2D eigenvalue weighted by Gasteiger charge is -2.20. The van der Waals surface area contributed by atoms with E-state index in [0.29, 0.717) is 0 Å². The molecule has 94 valence electrons. The highest BCUT2D eigenvalue weighted by Gasteiger charge is 2.15. The molecule has 0 spiro atoms. The van der Waals surface area contributed by atoms with Crippen LogP contribution in [0, 0.1) is 0 Å². The van der Waals surface area contributed by atoms with E-state index in [1.807, 2.05) is 18.5 Å². The van der Waals surface area contributed by atoms with Crippen LogP contribution in [0.1, 0.15) is 11.1 Å². The van der Waals surface area contributed by atoms with Crippen LogP contribution in [0.5, 0.6) is 0 Å². The fourth-order valence-corrected chi connectivity index (χ4v) is 2.95. The Morgan fingerprint density at radius 3 is 3.11 bits per heavy atom. The molecule has 0 fully saturated rings. The third-order valence-corrected chi connectivity index (χ3v) is 3.87. The summed E-state index contributed by atoms with van der Waals surface area (Å²) in [6, 6.07) is 10.7. The number of nitrogens with zero attached hydrogens (tertiary/aromatic N) is 1. The zero-order valence-electron chi connectivity index (χ0n) is 10.6. The van der Waals surface area contributed by atoms with Crippen LogP contribution in [0.3, 0.4) is 0 Å². The van der Waals surface area contributed by atoms with E-state index in [1.165, 1.54) is 22.1 Å². The van der Waals surface area contributed by atoms with E-state index in [9.17, 15) is 0 Å². The SMILES string of the molecule is c1cc2c(c(-c3nccc4[nH]ccc34)c1)CCNC2. The Morgan fingerprint density at radius 1 is 1.11 bits per heavy atom. The summed E-state index contributed by atoms with van der Waals surface area (Å²) in [6.07, 6.45) is 4.94. The molecule has 0 atom stereocenters. The highest BCUT2D eigenvalue weighted by atomic mass is 14.9. The van der Waals surface area contributed by atoms with E-state index < -0.39 is 0 Å². The van der Waals surface area contributed by atoms with Gasteiger partial charge in [0.25, 0.3) is 0 Å². The molecule has 19 heavy (non-hydrogen) atoms. The topological polar surface area (TPSA) is 40.7 Å². The van der Waals surface area contributed by atoms with Gasteiger partial charge in [0.1, 0.15) is 0 Å².